The van der Waals surface area contributed by atoms with Gasteiger partial charge in [-0.05, 0) is 19.1 Å². The number of benzene rings is 1. The third kappa shape index (κ3) is 5.06. The lowest BCUT2D eigenvalue weighted by atomic mass is 10.1. The molecule has 1 fully saturated rings. The van der Waals surface area contributed by atoms with Gasteiger partial charge in [0, 0.05) is 42.8 Å². The number of aromatic nitrogens is 4. The normalized spacial score (nSPS) is 13.7. The van der Waals surface area contributed by atoms with Crippen LogP contribution in [0, 0.1) is 6.92 Å². The standard InChI is InChI=1S/C25H24ClN5O4/c1-17-11-21(31-6-5-27-16-31)18-3-2-4-22(25(18)29-17)34-14-19-20(26)12-28-13-23(19)35-15-24(32)30-7-9-33-10-8-30/h2-6,11-13,16H,7-10,14-15H2,1H3. The minimum absolute atomic E-state index is 0.110. The van der Waals surface area contributed by atoms with Gasteiger partial charge in [-0.25, -0.2) is 9.97 Å². The van der Waals surface area contributed by atoms with E-state index in [0.717, 1.165) is 22.3 Å². The van der Waals surface area contributed by atoms with E-state index in [1.54, 1.807) is 23.6 Å². The van der Waals surface area contributed by atoms with E-state index < -0.39 is 0 Å². The average Bonchev–Trinajstić information content (AvgIpc) is 3.42. The molecule has 0 aliphatic carbocycles. The van der Waals surface area contributed by atoms with E-state index in [0.29, 0.717) is 48.4 Å². The highest BCUT2D eigenvalue weighted by Gasteiger charge is 2.19. The molecule has 0 bridgehead atoms. The molecule has 4 aromatic rings. The second kappa shape index (κ2) is 10.3. The number of carbonyl (C=O) groups is 1. The maximum Gasteiger partial charge on any atom is 0.260 e. The Bertz CT molecular complexity index is 1340. The highest BCUT2D eigenvalue weighted by atomic mass is 35.5. The molecule has 0 saturated carbocycles. The van der Waals surface area contributed by atoms with Crippen LogP contribution < -0.4 is 9.47 Å². The Labute approximate surface area is 207 Å². The number of amides is 1. The quantitative estimate of drug-likeness (QED) is 0.388. The summed E-state index contributed by atoms with van der Waals surface area (Å²) in [6.45, 7) is 4.13. The average molecular weight is 494 g/mol. The minimum Gasteiger partial charge on any atom is -0.486 e. The lowest BCUT2D eigenvalue weighted by Gasteiger charge is -2.26. The number of ether oxygens (including phenoxy) is 3. The van der Waals surface area contributed by atoms with E-state index in [-0.39, 0.29) is 19.1 Å². The molecule has 0 spiro atoms. The molecule has 1 aliphatic heterocycles. The van der Waals surface area contributed by atoms with Gasteiger partial charge in [-0.2, -0.15) is 0 Å². The fraction of sp³-hybridized carbons (Fsp3) is 0.280. The van der Waals surface area contributed by atoms with Crippen LogP contribution in [0.25, 0.3) is 16.6 Å². The van der Waals surface area contributed by atoms with Crippen LogP contribution in [0.4, 0.5) is 0 Å². The second-order valence-corrected chi connectivity index (χ2v) is 8.48. The molecule has 1 saturated heterocycles. The van der Waals surface area contributed by atoms with Gasteiger partial charge in [0.05, 0.1) is 42.0 Å². The zero-order valence-corrected chi connectivity index (χ0v) is 19.9. The van der Waals surface area contributed by atoms with E-state index >= 15 is 0 Å². The number of morpholine rings is 1. The number of nitrogens with zero attached hydrogens (tertiary/aromatic N) is 5. The summed E-state index contributed by atoms with van der Waals surface area (Å²) in [5.74, 6) is 0.902. The number of halogens is 1. The van der Waals surface area contributed by atoms with Crippen molar-refractivity contribution in [1.29, 1.82) is 0 Å². The highest BCUT2D eigenvalue weighted by molar-refractivity contribution is 6.31. The highest BCUT2D eigenvalue weighted by Crippen LogP contribution is 2.32. The van der Waals surface area contributed by atoms with Crippen molar-refractivity contribution in [3.8, 4) is 17.2 Å². The van der Waals surface area contributed by atoms with Crippen molar-refractivity contribution >= 4 is 28.4 Å². The number of hydrogen-bond acceptors (Lipinski definition) is 7. The lowest BCUT2D eigenvalue weighted by Crippen LogP contribution is -2.43. The number of carbonyl (C=O) groups excluding carboxylic acids is 1. The largest absolute Gasteiger partial charge is 0.486 e. The molecule has 9 nitrogen and oxygen atoms in total. The van der Waals surface area contributed by atoms with Gasteiger partial charge in [0.2, 0.25) is 0 Å². The summed E-state index contributed by atoms with van der Waals surface area (Å²) >= 11 is 6.44. The van der Waals surface area contributed by atoms with Gasteiger partial charge >= 0.3 is 0 Å². The van der Waals surface area contributed by atoms with Gasteiger partial charge in [0.15, 0.2) is 6.61 Å². The summed E-state index contributed by atoms with van der Waals surface area (Å²) < 4.78 is 19.2. The molecule has 1 amide bonds. The van der Waals surface area contributed by atoms with E-state index in [9.17, 15) is 4.79 Å². The molecule has 0 unspecified atom stereocenters. The molecule has 35 heavy (non-hydrogen) atoms. The predicted octanol–water partition coefficient (Wildman–Crippen LogP) is 3.59. The third-order valence-electron chi connectivity index (χ3n) is 5.74. The fourth-order valence-corrected chi connectivity index (χ4v) is 4.17. The van der Waals surface area contributed by atoms with Crippen LogP contribution in [0.3, 0.4) is 0 Å². The molecule has 4 heterocycles. The van der Waals surface area contributed by atoms with Crippen molar-refractivity contribution in [2.24, 2.45) is 0 Å². The van der Waals surface area contributed by atoms with Crippen LogP contribution >= 0.6 is 11.6 Å². The molecule has 1 aliphatic rings. The summed E-state index contributed by atoms with van der Waals surface area (Å²) in [5, 5.41) is 1.32. The monoisotopic (exact) mass is 493 g/mol. The molecule has 1 aromatic carbocycles. The molecule has 0 radical (unpaired) electrons. The van der Waals surface area contributed by atoms with Gasteiger partial charge in [-0.15, -0.1) is 0 Å². The molecule has 0 atom stereocenters. The van der Waals surface area contributed by atoms with Crippen molar-refractivity contribution in [2.75, 3.05) is 32.9 Å². The molecule has 0 N–H and O–H groups in total. The summed E-state index contributed by atoms with van der Waals surface area (Å²) in [6, 6.07) is 7.78. The zero-order valence-electron chi connectivity index (χ0n) is 19.2. The number of hydrogen-bond donors (Lipinski definition) is 0. The van der Waals surface area contributed by atoms with Crippen molar-refractivity contribution in [1.82, 2.24) is 24.4 Å². The van der Waals surface area contributed by atoms with E-state index in [2.05, 4.69) is 9.97 Å². The molecular weight excluding hydrogens is 470 g/mol. The van der Waals surface area contributed by atoms with E-state index in [4.69, 9.17) is 30.8 Å². The van der Waals surface area contributed by atoms with Crippen LogP contribution in [0.5, 0.6) is 11.5 Å². The summed E-state index contributed by atoms with van der Waals surface area (Å²) in [7, 11) is 0. The van der Waals surface area contributed by atoms with Crippen molar-refractivity contribution in [3.63, 3.8) is 0 Å². The first-order chi connectivity index (χ1) is 17.1. The smallest absolute Gasteiger partial charge is 0.260 e. The van der Waals surface area contributed by atoms with Crippen LogP contribution in [0.2, 0.25) is 5.02 Å². The predicted molar refractivity (Wildman–Crippen MR) is 130 cm³/mol. The SMILES string of the molecule is Cc1cc(-n2ccnc2)c2cccc(OCc3c(Cl)cncc3OCC(=O)N3CCOCC3)c2n1. The number of aryl methyl sites for hydroxylation is 1. The first-order valence-corrected chi connectivity index (χ1v) is 11.6. The molecule has 5 rings (SSSR count). The van der Waals surface area contributed by atoms with Gasteiger partial charge < -0.3 is 23.7 Å². The van der Waals surface area contributed by atoms with Crippen molar-refractivity contribution in [3.05, 3.63) is 71.7 Å². The van der Waals surface area contributed by atoms with Gasteiger partial charge in [0.25, 0.3) is 5.91 Å². The fourth-order valence-electron chi connectivity index (χ4n) is 3.96. The van der Waals surface area contributed by atoms with Gasteiger partial charge in [-0.3, -0.25) is 9.78 Å². The van der Waals surface area contributed by atoms with Crippen molar-refractivity contribution in [2.45, 2.75) is 13.5 Å². The zero-order chi connectivity index (χ0) is 24.2. The molecular formula is C25H24ClN5O4. The molecule has 3 aromatic heterocycles. The maximum absolute atomic E-state index is 12.5. The Balaban J connectivity index is 1.37. The van der Waals surface area contributed by atoms with Crippen molar-refractivity contribution < 1.29 is 19.0 Å². The van der Waals surface area contributed by atoms with Gasteiger partial charge in [-0.1, -0.05) is 23.7 Å². The Hall–Kier alpha value is -3.69. The van der Waals surface area contributed by atoms with Crippen LogP contribution in [-0.2, 0) is 16.1 Å². The Morgan fingerprint density at radius 3 is 2.80 bits per heavy atom. The molecule has 180 valence electrons. The number of fused-ring (bicyclic) bond motifs is 1. The second-order valence-electron chi connectivity index (χ2n) is 8.07. The number of para-hydroxylation sites is 1. The Morgan fingerprint density at radius 1 is 1.14 bits per heavy atom. The van der Waals surface area contributed by atoms with Gasteiger partial charge in [0.1, 0.15) is 23.6 Å². The minimum atomic E-state index is -0.113. The summed E-state index contributed by atoms with van der Waals surface area (Å²) in [6.07, 6.45) is 8.44. The van der Waals surface area contributed by atoms with Crippen LogP contribution in [-0.4, -0.2) is 63.2 Å². The summed E-state index contributed by atoms with van der Waals surface area (Å²) in [4.78, 5) is 27.2. The van der Waals surface area contributed by atoms with E-state index in [1.165, 1.54) is 6.20 Å². The summed E-state index contributed by atoms with van der Waals surface area (Å²) in [5.41, 5.74) is 3.15. The molecule has 10 heteroatoms. The first kappa shape index (κ1) is 23.1. The maximum atomic E-state index is 12.5. The third-order valence-corrected chi connectivity index (χ3v) is 6.07. The number of pyridine rings is 2. The number of imidazole rings is 1. The Kier molecular flexibility index (Phi) is 6.78. The topological polar surface area (TPSA) is 91.6 Å². The van der Waals surface area contributed by atoms with Crippen LogP contribution in [0.15, 0.2) is 55.4 Å². The Morgan fingerprint density at radius 2 is 2.00 bits per heavy atom. The lowest BCUT2D eigenvalue weighted by molar-refractivity contribution is -0.137. The van der Waals surface area contributed by atoms with E-state index in [1.807, 2.05) is 42.0 Å². The van der Waals surface area contributed by atoms with Crippen LogP contribution in [0.1, 0.15) is 11.3 Å². The number of rotatable bonds is 7. The first-order valence-electron chi connectivity index (χ1n) is 11.2.